The SMILES string of the molecule is CNCCCC(N)c1ccc(Br)s1. The molecule has 1 rings (SSSR count). The van der Waals surface area contributed by atoms with E-state index >= 15 is 0 Å². The minimum atomic E-state index is 0.199. The zero-order chi connectivity index (χ0) is 9.68. The Labute approximate surface area is 91.7 Å². The Kier molecular flexibility index (Phi) is 4.94. The number of hydrogen-bond donors (Lipinski definition) is 2. The minimum absolute atomic E-state index is 0.199. The fourth-order valence-corrected chi connectivity index (χ4v) is 2.63. The second-order valence-corrected chi connectivity index (χ2v) is 5.49. The van der Waals surface area contributed by atoms with Crippen molar-refractivity contribution in [1.82, 2.24) is 5.32 Å². The molecule has 0 saturated carbocycles. The third-order valence-corrected chi connectivity index (χ3v) is 3.66. The first-order valence-electron chi connectivity index (χ1n) is 4.39. The van der Waals surface area contributed by atoms with Crippen LogP contribution in [0.25, 0.3) is 0 Å². The molecule has 3 N–H and O–H groups in total. The van der Waals surface area contributed by atoms with Gasteiger partial charge in [-0.05, 0) is 54.5 Å². The van der Waals surface area contributed by atoms with E-state index in [0.29, 0.717) is 0 Å². The van der Waals surface area contributed by atoms with Crippen molar-refractivity contribution in [2.45, 2.75) is 18.9 Å². The van der Waals surface area contributed by atoms with Gasteiger partial charge in [0.2, 0.25) is 0 Å². The summed E-state index contributed by atoms with van der Waals surface area (Å²) in [6.45, 7) is 1.04. The van der Waals surface area contributed by atoms with E-state index in [1.54, 1.807) is 11.3 Å². The summed E-state index contributed by atoms with van der Waals surface area (Å²) in [4.78, 5) is 1.27. The molecule has 1 atom stereocenters. The van der Waals surface area contributed by atoms with Gasteiger partial charge in [0, 0.05) is 10.9 Å². The lowest BCUT2D eigenvalue weighted by Crippen LogP contribution is -2.13. The second kappa shape index (κ2) is 5.75. The molecular weight excluding hydrogens is 248 g/mol. The van der Waals surface area contributed by atoms with Gasteiger partial charge in [-0.1, -0.05) is 0 Å². The van der Waals surface area contributed by atoms with Gasteiger partial charge >= 0.3 is 0 Å². The molecule has 0 fully saturated rings. The highest BCUT2D eigenvalue weighted by atomic mass is 79.9. The molecule has 1 aromatic rings. The van der Waals surface area contributed by atoms with Crippen LogP contribution in [-0.2, 0) is 0 Å². The fraction of sp³-hybridized carbons (Fsp3) is 0.556. The van der Waals surface area contributed by atoms with Gasteiger partial charge in [-0.25, -0.2) is 0 Å². The Hall–Kier alpha value is 0.1000. The number of thiophene rings is 1. The molecule has 0 radical (unpaired) electrons. The van der Waals surface area contributed by atoms with Gasteiger partial charge in [-0.3, -0.25) is 0 Å². The van der Waals surface area contributed by atoms with E-state index in [2.05, 4.69) is 33.4 Å². The first-order valence-corrected chi connectivity index (χ1v) is 6.00. The molecule has 0 aliphatic heterocycles. The third kappa shape index (κ3) is 3.77. The van der Waals surface area contributed by atoms with Crippen LogP contribution in [0.3, 0.4) is 0 Å². The normalized spacial score (nSPS) is 13.2. The Bertz CT molecular complexity index is 250. The summed E-state index contributed by atoms with van der Waals surface area (Å²) in [5.74, 6) is 0. The lowest BCUT2D eigenvalue weighted by Gasteiger charge is -2.08. The molecule has 0 spiro atoms. The van der Waals surface area contributed by atoms with Crippen molar-refractivity contribution in [2.75, 3.05) is 13.6 Å². The lowest BCUT2D eigenvalue weighted by molar-refractivity contribution is 0.597. The Morgan fingerprint density at radius 1 is 1.62 bits per heavy atom. The molecule has 1 unspecified atom stereocenters. The maximum atomic E-state index is 6.01. The van der Waals surface area contributed by atoms with Crippen molar-refractivity contribution < 1.29 is 0 Å². The molecule has 0 aromatic carbocycles. The van der Waals surface area contributed by atoms with Crippen LogP contribution in [0.15, 0.2) is 15.9 Å². The second-order valence-electron chi connectivity index (χ2n) is 2.99. The predicted molar refractivity (Wildman–Crippen MR) is 62.1 cm³/mol. The van der Waals surface area contributed by atoms with Gasteiger partial charge in [-0.15, -0.1) is 11.3 Å². The molecule has 0 aliphatic rings. The first kappa shape index (κ1) is 11.2. The molecule has 1 heterocycles. The maximum absolute atomic E-state index is 6.01. The number of nitrogens with two attached hydrogens (primary N) is 1. The zero-order valence-electron chi connectivity index (χ0n) is 7.72. The van der Waals surface area contributed by atoms with Crippen molar-refractivity contribution in [2.24, 2.45) is 5.73 Å². The van der Waals surface area contributed by atoms with E-state index in [1.807, 2.05) is 7.05 Å². The summed E-state index contributed by atoms with van der Waals surface area (Å²) < 4.78 is 1.16. The third-order valence-electron chi connectivity index (χ3n) is 1.90. The van der Waals surface area contributed by atoms with Crippen LogP contribution >= 0.6 is 27.3 Å². The van der Waals surface area contributed by atoms with Gasteiger partial charge in [0.1, 0.15) is 0 Å². The van der Waals surface area contributed by atoms with Gasteiger partial charge in [0.05, 0.1) is 3.79 Å². The Morgan fingerprint density at radius 3 is 2.92 bits per heavy atom. The van der Waals surface area contributed by atoms with Gasteiger partial charge in [0.25, 0.3) is 0 Å². The van der Waals surface area contributed by atoms with Crippen LogP contribution in [0.2, 0.25) is 0 Å². The van der Waals surface area contributed by atoms with Crippen LogP contribution in [0.5, 0.6) is 0 Å². The molecule has 13 heavy (non-hydrogen) atoms. The molecule has 0 amide bonds. The molecule has 0 bridgehead atoms. The van der Waals surface area contributed by atoms with E-state index < -0.39 is 0 Å². The minimum Gasteiger partial charge on any atom is -0.323 e. The fourth-order valence-electron chi connectivity index (χ4n) is 1.17. The van der Waals surface area contributed by atoms with Crippen molar-refractivity contribution in [3.8, 4) is 0 Å². The van der Waals surface area contributed by atoms with Crippen LogP contribution in [0.4, 0.5) is 0 Å². The number of nitrogens with one attached hydrogen (secondary N) is 1. The number of rotatable bonds is 5. The van der Waals surface area contributed by atoms with Gasteiger partial charge in [0.15, 0.2) is 0 Å². The standard InChI is InChI=1S/C9H15BrN2S/c1-12-6-2-3-7(11)8-4-5-9(10)13-8/h4-5,7,12H,2-3,6,11H2,1H3. The molecule has 2 nitrogen and oxygen atoms in total. The van der Waals surface area contributed by atoms with Crippen molar-refractivity contribution in [1.29, 1.82) is 0 Å². The summed E-state index contributed by atoms with van der Waals surface area (Å²) in [5, 5.41) is 3.12. The average Bonchev–Trinajstić information content (AvgIpc) is 2.52. The summed E-state index contributed by atoms with van der Waals surface area (Å²) in [5.41, 5.74) is 6.01. The van der Waals surface area contributed by atoms with Crippen LogP contribution < -0.4 is 11.1 Å². The lowest BCUT2D eigenvalue weighted by atomic mass is 10.1. The van der Waals surface area contributed by atoms with E-state index in [9.17, 15) is 0 Å². The van der Waals surface area contributed by atoms with Crippen LogP contribution in [-0.4, -0.2) is 13.6 Å². The highest BCUT2D eigenvalue weighted by molar-refractivity contribution is 9.11. The van der Waals surface area contributed by atoms with E-state index in [-0.39, 0.29) is 6.04 Å². The predicted octanol–water partition coefficient (Wildman–Crippen LogP) is 2.51. The summed E-state index contributed by atoms with van der Waals surface area (Å²) in [6.07, 6.45) is 2.18. The van der Waals surface area contributed by atoms with Gasteiger partial charge in [-0.2, -0.15) is 0 Å². The Morgan fingerprint density at radius 2 is 2.38 bits per heavy atom. The zero-order valence-corrected chi connectivity index (χ0v) is 10.1. The topological polar surface area (TPSA) is 38.0 Å². The quantitative estimate of drug-likeness (QED) is 0.801. The van der Waals surface area contributed by atoms with Crippen LogP contribution in [0, 0.1) is 0 Å². The smallest absolute Gasteiger partial charge is 0.0701 e. The number of halogens is 1. The maximum Gasteiger partial charge on any atom is 0.0701 e. The van der Waals surface area contributed by atoms with Crippen molar-refractivity contribution in [3.63, 3.8) is 0 Å². The van der Waals surface area contributed by atoms with Gasteiger partial charge < -0.3 is 11.1 Å². The average molecular weight is 263 g/mol. The molecular formula is C9H15BrN2S. The highest BCUT2D eigenvalue weighted by Gasteiger charge is 2.07. The van der Waals surface area contributed by atoms with E-state index in [4.69, 9.17) is 5.73 Å². The van der Waals surface area contributed by atoms with Crippen LogP contribution in [0.1, 0.15) is 23.8 Å². The largest absolute Gasteiger partial charge is 0.323 e. The monoisotopic (exact) mass is 262 g/mol. The number of hydrogen-bond acceptors (Lipinski definition) is 3. The summed E-state index contributed by atoms with van der Waals surface area (Å²) in [6, 6.07) is 4.35. The summed E-state index contributed by atoms with van der Waals surface area (Å²) >= 11 is 5.16. The van der Waals surface area contributed by atoms with E-state index in [0.717, 1.165) is 23.2 Å². The molecule has 1 aromatic heterocycles. The summed E-state index contributed by atoms with van der Waals surface area (Å²) in [7, 11) is 1.97. The molecule has 74 valence electrons. The molecule has 4 heteroatoms. The molecule has 0 saturated heterocycles. The molecule has 0 aliphatic carbocycles. The van der Waals surface area contributed by atoms with E-state index in [1.165, 1.54) is 4.88 Å². The highest BCUT2D eigenvalue weighted by Crippen LogP contribution is 2.27. The van der Waals surface area contributed by atoms with Crippen molar-refractivity contribution >= 4 is 27.3 Å². The first-order chi connectivity index (χ1) is 6.24. The van der Waals surface area contributed by atoms with Crippen molar-refractivity contribution in [3.05, 3.63) is 20.8 Å². The Balaban J connectivity index is 2.35.